The van der Waals surface area contributed by atoms with E-state index in [1.165, 1.54) is 19.3 Å². The number of methoxy groups -OCH3 is 1. The Morgan fingerprint density at radius 2 is 2.00 bits per heavy atom. The zero-order valence-electron chi connectivity index (χ0n) is 11.8. The molecule has 21 heavy (non-hydrogen) atoms. The molecule has 2 N–H and O–H groups in total. The summed E-state index contributed by atoms with van der Waals surface area (Å²) in [5, 5.41) is 19.3. The van der Waals surface area contributed by atoms with Crippen LogP contribution in [0.25, 0.3) is 0 Å². The van der Waals surface area contributed by atoms with Crippen LogP contribution in [-0.4, -0.2) is 17.7 Å². The minimum absolute atomic E-state index is 0.344. The molecule has 0 saturated carbocycles. The number of azo groups is 1. The molecule has 0 radical (unpaired) electrons. The SMILES string of the molecule is COC1=C(N=Nc2ccccc2)C=CC(N)([N+](=O)[O-])C1C. The highest BCUT2D eigenvalue weighted by Crippen LogP contribution is 2.33. The van der Waals surface area contributed by atoms with E-state index in [9.17, 15) is 10.1 Å². The van der Waals surface area contributed by atoms with Crippen molar-refractivity contribution in [3.8, 4) is 0 Å². The maximum Gasteiger partial charge on any atom is 0.301 e. The van der Waals surface area contributed by atoms with Gasteiger partial charge in [0.2, 0.25) is 0 Å². The van der Waals surface area contributed by atoms with Gasteiger partial charge in [-0.25, -0.2) is 0 Å². The maximum absolute atomic E-state index is 11.1. The average molecular weight is 288 g/mol. The van der Waals surface area contributed by atoms with Crippen molar-refractivity contribution in [3.05, 3.63) is 64.1 Å². The van der Waals surface area contributed by atoms with Crippen LogP contribution >= 0.6 is 0 Å². The lowest BCUT2D eigenvalue weighted by atomic mass is 9.88. The van der Waals surface area contributed by atoms with Crippen molar-refractivity contribution in [2.24, 2.45) is 21.9 Å². The molecule has 0 heterocycles. The van der Waals surface area contributed by atoms with E-state index in [1.807, 2.05) is 18.2 Å². The fraction of sp³-hybridized carbons (Fsp3) is 0.286. The van der Waals surface area contributed by atoms with E-state index in [1.54, 1.807) is 19.1 Å². The largest absolute Gasteiger partial charge is 0.498 e. The molecule has 7 heteroatoms. The third-order valence-electron chi connectivity index (χ3n) is 3.41. The van der Waals surface area contributed by atoms with Crippen molar-refractivity contribution in [1.29, 1.82) is 0 Å². The summed E-state index contributed by atoms with van der Waals surface area (Å²) in [6.07, 6.45) is 2.79. The van der Waals surface area contributed by atoms with E-state index in [0.29, 0.717) is 17.1 Å². The summed E-state index contributed by atoms with van der Waals surface area (Å²) in [4.78, 5) is 10.6. The topological polar surface area (TPSA) is 103 Å². The van der Waals surface area contributed by atoms with Crippen molar-refractivity contribution in [1.82, 2.24) is 0 Å². The first-order chi connectivity index (χ1) is 9.99. The van der Waals surface area contributed by atoms with Crippen LogP contribution < -0.4 is 5.73 Å². The molecule has 0 aromatic heterocycles. The number of ether oxygens (including phenoxy) is 1. The van der Waals surface area contributed by atoms with Crippen LogP contribution in [0.5, 0.6) is 0 Å². The number of nitro groups is 1. The van der Waals surface area contributed by atoms with Gasteiger partial charge in [0, 0.05) is 11.0 Å². The number of rotatable bonds is 4. The molecule has 0 aliphatic heterocycles. The monoisotopic (exact) mass is 288 g/mol. The number of benzene rings is 1. The van der Waals surface area contributed by atoms with Gasteiger partial charge in [-0.2, -0.15) is 5.11 Å². The predicted octanol–water partition coefficient (Wildman–Crippen LogP) is 2.77. The molecule has 1 aliphatic rings. The summed E-state index contributed by atoms with van der Waals surface area (Å²) in [6.45, 7) is 1.63. The van der Waals surface area contributed by atoms with Gasteiger partial charge < -0.3 is 4.74 Å². The van der Waals surface area contributed by atoms with Crippen molar-refractivity contribution in [2.45, 2.75) is 12.6 Å². The lowest BCUT2D eigenvalue weighted by molar-refractivity contribution is -0.563. The van der Waals surface area contributed by atoms with Gasteiger partial charge >= 0.3 is 5.66 Å². The highest BCUT2D eigenvalue weighted by atomic mass is 16.6. The summed E-state index contributed by atoms with van der Waals surface area (Å²) in [6, 6.07) is 9.17. The Morgan fingerprint density at radius 1 is 1.33 bits per heavy atom. The lowest BCUT2D eigenvalue weighted by Crippen LogP contribution is -2.53. The van der Waals surface area contributed by atoms with Gasteiger partial charge in [-0.3, -0.25) is 15.8 Å². The number of allylic oxidation sites excluding steroid dienone is 1. The van der Waals surface area contributed by atoms with E-state index in [0.717, 1.165) is 0 Å². The first-order valence-corrected chi connectivity index (χ1v) is 6.36. The molecule has 0 spiro atoms. The molecule has 1 aromatic carbocycles. The molecule has 2 rings (SSSR count). The van der Waals surface area contributed by atoms with Gasteiger partial charge in [0.1, 0.15) is 17.4 Å². The van der Waals surface area contributed by atoms with Crippen LogP contribution in [0.1, 0.15) is 6.92 Å². The van der Waals surface area contributed by atoms with Crippen LogP contribution in [0, 0.1) is 16.0 Å². The second-order valence-electron chi connectivity index (χ2n) is 4.69. The number of nitrogens with zero attached hydrogens (tertiary/aromatic N) is 3. The predicted molar refractivity (Wildman–Crippen MR) is 77.2 cm³/mol. The Bertz CT molecular complexity index is 624. The Morgan fingerprint density at radius 3 is 2.57 bits per heavy atom. The fourth-order valence-corrected chi connectivity index (χ4v) is 2.06. The van der Waals surface area contributed by atoms with E-state index in [4.69, 9.17) is 10.5 Å². The minimum Gasteiger partial charge on any atom is -0.498 e. The smallest absolute Gasteiger partial charge is 0.301 e. The zero-order valence-corrected chi connectivity index (χ0v) is 11.8. The van der Waals surface area contributed by atoms with Crippen LogP contribution in [-0.2, 0) is 4.74 Å². The fourth-order valence-electron chi connectivity index (χ4n) is 2.06. The van der Waals surface area contributed by atoms with Gasteiger partial charge in [-0.05, 0) is 25.1 Å². The van der Waals surface area contributed by atoms with Gasteiger partial charge in [-0.1, -0.05) is 18.2 Å². The van der Waals surface area contributed by atoms with E-state index in [-0.39, 0.29) is 0 Å². The highest BCUT2D eigenvalue weighted by molar-refractivity contribution is 5.37. The van der Waals surface area contributed by atoms with Crippen molar-refractivity contribution in [2.75, 3.05) is 7.11 Å². The van der Waals surface area contributed by atoms with Crippen LogP contribution in [0.3, 0.4) is 0 Å². The molecule has 2 atom stereocenters. The maximum atomic E-state index is 11.1. The quantitative estimate of drug-likeness (QED) is 0.398. The number of hydrogen-bond acceptors (Lipinski definition) is 6. The van der Waals surface area contributed by atoms with Gasteiger partial charge in [0.15, 0.2) is 0 Å². The zero-order chi connectivity index (χ0) is 15.5. The molecule has 110 valence electrons. The Labute approximate surface area is 122 Å². The average Bonchev–Trinajstić information content (AvgIpc) is 2.49. The normalized spacial score (nSPS) is 25.4. The summed E-state index contributed by atoms with van der Waals surface area (Å²) in [7, 11) is 1.43. The van der Waals surface area contributed by atoms with Gasteiger partial charge in [0.25, 0.3) is 0 Å². The molecule has 1 aliphatic carbocycles. The summed E-state index contributed by atoms with van der Waals surface area (Å²) < 4.78 is 5.24. The third-order valence-corrected chi connectivity index (χ3v) is 3.41. The molecule has 1 aromatic rings. The van der Waals surface area contributed by atoms with Gasteiger partial charge in [0.05, 0.1) is 12.8 Å². The number of hydrogen-bond donors (Lipinski definition) is 1. The summed E-state index contributed by atoms with van der Waals surface area (Å²) in [5.41, 5.74) is 5.22. The second kappa shape index (κ2) is 5.84. The molecule has 2 unspecified atom stereocenters. The summed E-state index contributed by atoms with van der Waals surface area (Å²) >= 11 is 0. The first kappa shape index (κ1) is 14.9. The Hall–Kier alpha value is -2.54. The van der Waals surface area contributed by atoms with Crippen LogP contribution in [0.15, 0.2) is 64.2 Å². The molecule has 0 fully saturated rings. The standard InChI is InChI=1S/C14H16N4O3/c1-10-13(21-2)12(8-9-14(10,15)18(19)20)17-16-11-6-4-3-5-7-11/h3-10H,15H2,1-2H3. The Balaban J connectivity index is 2.33. The van der Waals surface area contributed by atoms with E-state index < -0.39 is 16.5 Å². The highest BCUT2D eigenvalue weighted by Gasteiger charge is 2.47. The molecular weight excluding hydrogens is 272 g/mol. The lowest BCUT2D eigenvalue weighted by Gasteiger charge is -2.28. The van der Waals surface area contributed by atoms with Crippen molar-refractivity contribution >= 4 is 5.69 Å². The van der Waals surface area contributed by atoms with Crippen LogP contribution in [0.4, 0.5) is 5.69 Å². The molecule has 0 bridgehead atoms. The molecule has 0 saturated heterocycles. The number of nitrogens with two attached hydrogens (primary N) is 1. The second-order valence-corrected chi connectivity index (χ2v) is 4.69. The molecule has 7 nitrogen and oxygen atoms in total. The third kappa shape index (κ3) is 2.82. The van der Waals surface area contributed by atoms with Gasteiger partial charge in [-0.15, -0.1) is 5.11 Å². The van der Waals surface area contributed by atoms with E-state index >= 15 is 0 Å². The minimum atomic E-state index is -1.70. The van der Waals surface area contributed by atoms with E-state index in [2.05, 4.69) is 10.2 Å². The Kier molecular flexibility index (Phi) is 4.13. The van der Waals surface area contributed by atoms with Crippen molar-refractivity contribution < 1.29 is 9.66 Å². The first-order valence-electron chi connectivity index (χ1n) is 6.36. The molecule has 0 amide bonds. The van der Waals surface area contributed by atoms with Crippen molar-refractivity contribution in [3.63, 3.8) is 0 Å². The molecular formula is C14H16N4O3. The van der Waals surface area contributed by atoms with Crippen LogP contribution in [0.2, 0.25) is 0 Å². The summed E-state index contributed by atoms with van der Waals surface area (Å²) in [5.74, 6) is -0.302.